The number of benzene rings is 2. The minimum atomic E-state index is -0.407. The second-order valence-corrected chi connectivity index (χ2v) is 7.25. The number of thiophene rings is 1. The van der Waals surface area contributed by atoms with Crippen LogP contribution in [0.3, 0.4) is 0 Å². The van der Waals surface area contributed by atoms with Crippen molar-refractivity contribution in [2.24, 2.45) is 0 Å². The van der Waals surface area contributed by atoms with Gasteiger partial charge in [0.05, 0.1) is 12.1 Å². The molecule has 3 aromatic rings. The Balaban J connectivity index is 1.97. The number of nitrogens with zero attached hydrogens (tertiary/aromatic N) is 2. The van der Waals surface area contributed by atoms with Gasteiger partial charge in [-0.15, -0.1) is 0 Å². The number of rotatable bonds is 5. The van der Waals surface area contributed by atoms with Crippen LogP contribution < -0.4 is 4.90 Å². The van der Waals surface area contributed by atoms with E-state index in [-0.39, 0.29) is 23.0 Å². The normalized spacial score (nSPS) is 10.5. The molecule has 2 amide bonds. The number of amides is 2. The molecule has 0 bridgehead atoms. The van der Waals surface area contributed by atoms with E-state index >= 15 is 0 Å². The van der Waals surface area contributed by atoms with Crippen molar-refractivity contribution in [2.75, 3.05) is 19.0 Å². The predicted molar refractivity (Wildman–Crippen MR) is 109 cm³/mol. The summed E-state index contributed by atoms with van der Waals surface area (Å²) in [4.78, 5) is 28.3. The molecular formula is C21H20N2O4S. The van der Waals surface area contributed by atoms with Crippen LogP contribution in [0.15, 0.2) is 59.3 Å². The maximum absolute atomic E-state index is 13.1. The summed E-state index contributed by atoms with van der Waals surface area (Å²) in [5.41, 5.74) is 2.15. The zero-order valence-electron chi connectivity index (χ0n) is 15.5. The fourth-order valence-electron chi connectivity index (χ4n) is 2.73. The summed E-state index contributed by atoms with van der Waals surface area (Å²) in [6.07, 6.45) is 0. The van der Waals surface area contributed by atoms with Gasteiger partial charge in [0, 0.05) is 31.4 Å². The summed E-state index contributed by atoms with van der Waals surface area (Å²) >= 11 is 1.53. The first kappa shape index (κ1) is 19.4. The van der Waals surface area contributed by atoms with Crippen LogP contribution in [0, 0.1) is 0 Å². The van der Waals surface area contributed by atoms with Crippen molar-refractivity contribution in [3.05, 3.63) is 76.0 Å². The van der Waals surface area contributed by atoms with Crippen LogP contribution in [-0.2, 0) is 6.54 Å². The van der Waals surface area contributed by atoms with Gasteiger partial charge in [-0.05, 0) is 58.8 Å². The molecule has 0 aliphatic carbocycles. The van der Waals surface area contributed by atoms with Crippen LogP contribution in [0.4, 0.5) is 5.69 Å². The largest absolute Gasteiger partial charge is 0.508 e. The lowest BCUT2D eigenvalue weighted by Gasteiger charge is -2.23. The Kier molecular flexibility index (Phi) is 5.65. The van der Waals surface area contributed by atoms with Gasteiger partial charge in [-0.25, -0.2) is 0 Å². The van der Waals surface area contributed by atoms with E-state index in [1.165, 1.54) is 33.3 Å². The van der Waals surface area contributed by atoms with Crippen LogP contribution in [0.5, 0.6) is 11.5 Å². The summed E-state index contributed by atoms with van der Waals surface area (Å²) in [5.74, 6) is -0.946. The monoisotopic (exact) mass is 396 g/mol. The van der Waals surface area contributed by atoms with Crippen molar-refractivity contribution in [3.63, 3.8) is 0 Å². The fraction of sp³-hybridized carbons (Fsp3) is 0.143. The van der Waals surface area contributed by atoms with E-state index in [2.05, 4.69) is 0 Å². The van der Waals surface area contributed by atoms with E-state index in [4.69, 9.17) is 0 Å². The Morgan fingerprint density at radius 3 is 2.25 bits per heavy atom. The maximum atomic E-state index is 13.1. The molecule has 2 N–H and O–H groups in total. The fourth-order valence-corrected chi connectivity index (χ4v) is 3.39. The summed E-state index contributed by atoms with van der Waals surface area (Å²) in [6, 6.07) is 12.5. The molecule has 0 unspecified atom stereocenters. The first-order chi connectivity index (χ1) is 13.4. The van der Waals surface area contributed by atoms with E-state index in [1.807, 2.05) is 16.8 Å². The molecule has 0 fully saturated rings. The zero-order chi connectivity index (χ0) is 20.3. The quantitative estimate of drug-likeness (QED) is 0.689. The molecule has 6 nitrogen and oxygen atoms in total. The van der Waals surface area contributed by atoms with Gasteiger partial charge in [-0.1, -0.05) is 0 Å². The van der Waals surface area contributed by atoms with E-state index in [1.54, 1.807) is 38.4 Å². The lowest BCUT2D eigenvalue weighted by molar-refractivity contribution is 0.0827. The number of carbonyl (C=O) groups is 2. The average molecular weight is 396 g/mol. The van der Waals surface area contributed by atoms with Gasteiger partial charge in [0.2, 0.25) is 0 Å². The van der Waals surface area contributed by atoms with Crippen LogP contribution in [0.25, 0.3) is 0 Å². The molecule has 144 valence electrons. The zero-order valence-corrected chi connectivity index (χ0v) is 16.3. The summed E-state index contributed by atoms with van der Waals surface area (Å²) in [7, 11) is 3.35. The molecule has 28 heavy (non-hydrogen) atoms. The number of aromatic hydroxyl groups is 2. The molecule has 0 aliphatic rings. The number of carbonyl (C=O) groups excluding carboxylic acids is 2. The van der Waals surface area contributed by atoms with Gasteiger partial charge in [-0.3, -0.25) is 9.59 Å². The van der Waals surface area contributed by atoms with E-state index in [0.29, 0.717) is 17.8 Å². The van der Waals surface area contributed by atoms with E-state index < -0.39 is 5.91 Å². The van der Waals surface area contributed by atoms with Crippen LogP contribution in [0.1, 0.15) is 26.3 Å². The Bertz CT molecular complexity index is 982. The second-order valence-electron chi connectivity index (χ2n) is 6.47. The number of phenols is 2. The third-order valence-electron chi connectivity index (χ3n) is 4.21. The molecular weight excluding hydrogens is 376 g/mol. The Hall–Kier alpha value is -3.32. The van der Waals surface area contributed by atoms with Gasteiger partial charge in [0.25, 0.3) is 11.8 Å². The highest BCUT2D eigenvalue weighted by atomic mass is 32.1. The molecule has 3 rings (SSSR count). The number of phenolic OH excluding ortho intramolecular Hbond substituents is 2. The lowest BCUT2D eigenvalue weighted by Crippen LogP contribution is -2.30. The van der Waals surface area contributed by atoms with Crippen molar-refractivity contribution < 1.29 is 19.8 Å². The van der Waals surface area contributed by atoms with E-state index in [0.717, 1.165) is 11.6 Å². The first-order valence-electron chi connectivity index (χ1n) is 8.53. The minimum absolute atomic E-state index is 0.0847. The van der Waals surface area contributed by atoms with Crippen LogP contribution in [0.2, 0.25) is 0 Å². The van der Waals surface area contributed by atoms with Gasteiger partial charge >= 0.3 is 0 Å². The topological polar surface area (TPSA) is 81.1 Å². The predicted octanol–water partition coefficient (Wildman–Crippen LogP) is 3.71. The molecule has 0 atom stereocenters. The summed E-state index contributed by atoms with van der Waals surface area (Å²) in [6.45, 7) is 0.309. The van der Waals surface area contributed by atoms with Gasteiger partial charge in [0.15, 0.2) is 0 Å². The summed E-state index contributed by atoms with van der Waals surface area (Å²) in [5, 5.41) is 23.5. The molecule has 0 saturated carbocycles. The van der Waals surface area contributed by atoms with Gasteiger partial charge in [0.1, 0.15) is 11.5 Å². The third-order valence-corrected chi connectivity index (χ3v) is 4.94. The standard InChI is InChI=1S/C21H20N2O4S/c1-22(2)20(26)15-3-5-16(6-4-15)23(12-14-9-10-28-13-14)21(27)18-8-7-17(24)11-19(18)25/h3-11,13,24-25H,12H2,1-2H3. The Labute approximate surface area is 166 Å². The van der Waals surface area contributed by atoms with Crippen LogP contribution >= 0.6 is 11.3 Å². The first-order valence-corrected chi connectivity index (χ1v) is 9.47. The highest BCUT2D eigenvalue weighted by Gasteiger charge is 2.22. The Morgan fingerprint density at radius 2 is 1.68 bits per heavy atom. The molecule has 7 heteroatoms. The Morgan fingerprint density at radius 1 is 0.964 bits per heavy atom. The van der Waals surface area contributed by atoms with Crippen molar-refractivity contribution in [1.82, 2.24) is 4.90 Å². The highest BCUT2D eigenvalue weighted by Crippen LogP contribution is 2.28. The molecule has 0 radical (unpaired) electrons. The molecule has 0 saturated heterocycles. The number of hydrogen-bond acceptors (Lipinski definition) is 5. The third kappa shape index (κ3) is 4.15. The minimum Gasteiger partial charge on any atom is -0.508 e. The van der Waals surface area contributed by atoms with Gasteiger partial charge < -0.3 is 20.0 Å². The summed E-state index contributed by atoms with van der Waals surface area (Å²) < 4.78 is 0. The second kappa shape index (κ2) is 8.14. The van der Waals surface area contributed by atoms with E-state index in [9.17, 15) is 19.8 Å². The van der Waals surface area contributed by atoms with Crippen LogP contribution in [-0.4, -0.2) is 41.0 Å². The maximum Gasteiger partial charge on any atom is 0.262 e. The lowest BCUT2D eigenvalue weighted by atomic mass is 10.1. The highest BCUT2D eigenvalue weighted by molar-refractivity contribution is 7.07. The molecule has 1 heterocycles. The smallest absolute Gasteiger partial charge is 0.262 e. The van der Waals surface area contributed by atoms with Crippen molar-refractivity contribution in [2.45, 2.75) is 6.54 Å². The van der Waals surface area contributed by atoms with Gasteiger partial charge in [-0.2, -0.15) is 11.3 Å². The number of hydrogen-bond donors (Lipinski definition) is 2. The van der Waals surface area contributed by atoms with Crippen molar-refractivity contribution in [3.8, 4) is 11.5 Å². The van der Waals surface area contributed by atoms with Crippen molar-refractivity contribution in [1.29, 1.82) is 0 Å². The molecule has 0 aliphatic heterocycles. The molecule has 1 aromatic heterocycles. The average Bonchev–Trinajstić information content (AvgIpc) is 3.18. The molecule has 0 spiro atoms. The molecule has 2 aromatic carbocycles. The number of anilines is 1. The van der Waals surface area contributed by atoms with Crippen molar-refractivity contribution >= 4 is 28.8 Å². The SMILES string of the molecule is CN(C)C(=O)c1ccc(N(Cc2ccsc2)C(=O)c2ccc(O)cc2O)cc1.